The van der Waals surface area contributed by atoms with Gasteiger partial charge in [-0.1, -0.05) is 78.6 Å². The van der Waals surface area contributed by atoms with Crippen molar-refractivity contribution in [2.24, 2.45) is 0 Å². The second kappa shape index (κ2) is 15.6. The summed E-state index contributed by atoms with van der Waals surface area (Å²) in [5.41, 5.74) is 4.72. The minimum absolute atomic E-state index is 0. The van der Waals surface area contributed by atoms with Gasteiger partial charge in [0.05, 0.1) is 0 Å². The molecule has 3 N–H and O–H groups in total. The molecular formula is C18H32NaO4P. The van der Waals surface area contributed by atoms with Crippen LogP contribution in [-0.2, 0) is 23.8 Å². The van der Waals surface area contributed by atoms with E-state index in [1.807, 2.05) is 0 Å². The number of hydrogen-bond acceptors (Lipinski definition) is 1. The molecule has 0 aliphatic rings. The third kappa shape index (κ3) is 14.7. The summed E-state index contributed by atoms with van der Waals surface area (Å²) >= 11 is 0. The third-order valence-corrected chi connectivity index (χ3v) is 3.65. The Balaban J connectivity index is 0. The summed E-state index contributed by atoms with van der Waals surface area (Å²) in [6.45, 7) is 6.83. The van der Waals surface area contributed by atoms with Crippen LogP contribution in [0.5, 0.6) is 0 Å². The van der Waals surface area contributed by atoms with Gasteiger partial charge >= 0.3 is 37.4 Å². The van der Waals surface area contributed by atoms with E-state index in [9.17, 15) is 0 Å². The molecule has 134 valence electrons. The number of phosphoric acid groups is 1. The molecule has 0 fully saturated rings. The maximum Gasteiger partial charge on any atom is 1.00 e. The molecule has 0 bridgehead atoms. The van der Waals surface area contributed by atoms with Gasteiger partial charge in [0.2, 0.25) is 0 Å². The van der Waals surface area contributed by atoms with E-state index >= 15 is 0 Å². The SMILES string of the molecule is CCCCc1[c-]ccc(CCCC)c1CCCC.O=P(O)(O)O.[Na+]. The van der Waals surface area contributed by atoms with E-state index in [4.69, 9.17) is 19.2 Å². The van der Waals surface area contributed by atoms with Crippen molar-refractivity contribution < 1.29 is 48.8 Å². The average molecular weight is 366 g/mol. The van der Waals surface area contributed by atoms with Gasteiger partial charge in [-0.3, -0.25) is 0 Å². The first kappa shape index (κ1) is 26.6. The molecule has 0 amide bonds. The Morgan fingerprint density at radius 2 is 1.38 bits per heavy atom. The first-order chi connectivity index (χ1) is 10.8. The summed E-state index contributed by atoms with van der Waals surface area (Å²) in [6, 6.07) is 7.94. The van der Waals surface area contributed by atoms with Crippen molar-refractivity contribution in [2.75, 3.05) is 0 Å². The molecule has 1 aromatic rings. The monoisotopic (exact) mass is 366 g/mol. The summed E-state index contributed by atoms with van der Waals surface area (Å²) in [6.07, 6.45) is 11.5. The molecule has 0 saturated carbocycles. The number of aryl methyl sites for hydroxylation is 2. The van der Waals surface area contributed by atoms with Crippen molar-refractivity contribution in [3.8, 4) is 0 Å². The minimum atomic E-state index is -4.64. The topological polar surface area (TPSA) is 77.8 Å². The Kier molecular flexibility index (Phi) is 17.2. The standard InChI is InChI=1S/C18H29.Na.H3O4P/c1-4-7-11-16-13-10-14-17(12-8-5-2)18(16)15-9-6-3;;1-5(2,3)4/h10,13H,4-9,11-12,15H2,1-3H3;;(H3,1,2,3,4)/q-1;+1;. The van der Waals surface area contributed by atoms with Gasteiger partial charge in [-0.2, -0.15) is 29.3 Å². The van der Waals surface area contributed by atoms with Crippen LogP contribution in [0.1, 0.15) is 76.0 Å². The Bertz CT molecular complexity index is 440. The molecule has 1 aromatic carbocycles. The van der Waals surface area contributed by atoms with Gasteiger partial charge in [-0.05, 0) is 0 Å². The molecule has 24 heavy (non-hydrogen) atoms. The fourth-order valence-electron chi connectivity index (χ4n) is 2.47. The predicted molar refractivity (Wildman–Crippen MR) is 95.4 cm³/mol. The first-order valence-electron chi connectivity index (χ1n) is 8.63. The summed E-state index contributed by atoms with van der Waals surface area (Å²) < 4.78 is 8.88. The second-order valence-corrected chi connectivity index (χ2v) is 6.81. The van der Waals surface area contributed by atoms with Crippen molar-refractivity contribution in [3.05, 3.63) is 34.9 Å². The van der Waals surface area contributed by atoms with Gasteiger partial charge in [0.25, 0.3) is 0 Å². The summed E-state index contributed by atoms with van der Waals surface area (Å²) in [5.74, 6) is 0. The Morgan fingerprint density at radius 1 is 0.917 bits per heavy atom. The maximum atomic E-state index is 8.88. The molecule has 0 unspecified atom stereocenters. The van der Waals surface area contributed by atoms with Gasteiger partial charge in [0.15, 0.2) is 0 Å². The van der Waals surface area contributed by atoms with Crippen LogP contribution in [0.2, 0.25) is 0 Å². The van der Waals surface area contributed by atoms with Gasteiger partial charge in [-0.25, -0.2) is 4.57 Å². The van der Waals surface area contributed by atoms with E-state index in [1.165, 1.54) is 63.4 Å². The van der Waals surface area contributed by atoms with Gasteiger partial charge in [-0.15, -0.1) is 5.56 Å². The van der Waals surface area contributed by atoms with Crippen LogP contribution < -0.4 is 29.6 Å². The maximum absolute atomic E-state index is 8.88. The molecule has 1 rings (SSSR count). The zero-order valence-electron chi connectivity index (χ0n) is 15.7. The zero-order chi connectivity index (χ0) is 17.7. The number of benzene rings is 1. The number of hydrogen-bond donors (Lipinski definition) is 3. The molecule has 0 aliphatic carbocycles. The van der Waals surface area contributed by atoms with E-state index in [0.29, 0.717) is 0 Å². The number of unbranched alkanes of at least 4 members (excludes halogenated alkanes) is 3. The Labute approximate surface area is 169 Å². The summed E-state index contributed by atoms with van der Waals surface area (Å²) in [4.78, 5) is 21.6. The molecular weight excluding hydrogens is 334 g/mol. The van der Waals surface area contributed by atoms with Crippen LogP contribution in [-0.4, -0.2) is 14.7 Å². The van der Waals surface area contributed by atoms with Crippen molar-refractivity contribution in [1.29, 1.82) is 0 Å². The second-order valence-electron chi connectivity index (χ2n) is 5.78. The number of rotatable bonds is 9. The summed E-state index contributed by atoms with van der Waals surface area (Å²) in [5, 5.41) is 0. The van der Waals surface area contributed by atoms with Crippen molar-refractivity contribution in [2.45, 2.75) is 78.6 Å². The largest absolute Gasteiger partial charge is 1.00 e. The molecule has 0 aromatic heterocycles. The zero-order valence-corrected chi connectivity index (χ0v) is 18.6. The molecule has 0 saturated heterocycles. The molecule has 0 aliphatic heterocycles. The van der Waals surface area contributed by atoms with E-state index in [-0.39, 0.29) is 29.6 Å². The van der Waals surface area contributed by atoms with Crippen LogP contribution in [0, 0.1) is 6.07 Å². The van der Waals surface area contributed by atoms with Crippen LogP contribution >= 0.6 is 7.82 Å². The molecule has 0 spiro atoms. The van der Waals surface area contributed by atoms with E-state index in [1.54, 1.807) is 11.1 Å². The fourth-order valence-corrected chi connectivity index (χ4v) is 2.47. The van der Waals surface area contributed by atoms with Crippen LogP contribution in [0.25, 0.3) is 0 Å². The van der Waals surface area contributed by atoms with Gasteiger partial charge in [0.1, 0.15) is 0 Å². The smallest absolute Gasteiger partial charge is 0.303 e. The Hall–Kier alpha value is 0.330. The quantitative estimate of drug-likeness (QED) is 0.352. The van der Waals surface area contributed by atoms with Gasteiger partial charge < -0.3 is 14.7 Å². The first-order valence-corrected chi connectivity index (χ1v) is 10.2. The van der Waals surface area contributed by atoms with Crippen LogP contribution in [0.4, 0.5) is 0 Å². The Morgan fingerprint density at radius 3 is 1.88 bits per heavy atom. The van der Waals surface area contributed by atoms with E-state index in [0.717, 1.165) is 0 Å². The van der Waals surface area contributed by atoms with Crippen molar-refractivity contribution >= 4 is 7.82 Å². The van der Waals surface area contributed by atoms with Crippen LogP contribution in [0.3, 0.4) is 0 Å². The van der Waals surface area contributed by atoms with E-state index < -0.39 is 7.82 Å². The van der Waals surface area contributed by atoms with Gasteiger partial charge in [0, 0.05) is 0 Å². The molecule has 4 nitrogen and oxygen atoms in total. The van der Waals surface area contributed by atoms with Crippen LogP contribution in [0.15, 0.2) is 12.1 Å². The predicted octanol–water partition coefficient (Wildman–Crippen LogP) is 1.59. The normalized spacial score (nSPS) is 10.6. The molecule has 0 radical (unpaired) electrons. The minimum Gasteiger partial charge on any atom is -0.303 e. The average Bonchev–Trinajstić information content (AvgIpc) is 2.47. The van der Waals surface area contributed by atoms with Crippen molar-refractivity contribution in [1.82, 2.24) is 0 Å². The summed E-state index contributed by atoms with van der Waals surface area (Å²) in [7, 11) is -4.64. The fraction of sp³-hybridized carbons (Fsp3) is 0.667. The van der Waals surface area contributed by atoms with Crippen molar-refractivity contribution in [3.63, 3.8) is 0 Å². The third-order valence-electron chi connectivity index (χ3n) is 3.65. The molecule has 0 atom stereocenters. The molecule has 0 heterocycles. The molecule has 6 heteroatoms. The van der Waals surface area contributed by atoms with E-state index in [2.05, 4.69) is 39.0 Å².